The fraction of sp³-hybridized carbons (Fsp3) is 0.538. The van der Waals surface area contributed by atoms with Crippen LogP contribution in [0, 0.1) is 6.92 Å². The highest BCUT2D eigenvalue weighted by Gasteiger charge is 2.17. The van der Waals surface area contributed by atoms with Crippen LogP contribution in [0.25, 0.3) is 0 Å². The van der Waals surface area contributed by atoms with Gasteiger partial charge in [0.05, 0.1) is 6.54 Å². The van der Waals surface area contributed by atoms with Gasteiger partial charge in [0.15, 0.2) is 5.76 Å². The molecule has 0 aromatic carbocycles. The maximum absolute atomic E-state index is 11.7. The van der Waals surface area contributed by atoms with Gasteiger partial charge < -0.3 is 9.32 Å². The molecule has 2 amide bonds. The van der Waals surface area contributed by atoms with Gasteiger partial charge in [-0.15, -0.1) is 0 Å². The summed E-state index contributed by atoms with van der Waals surface area (Å²) in [6.07, 6.45) is 0. The Morgan fingerprint density at radius 2 is 2.05 bits per heavy atom. The van der Waals surface area contributed by atoms with E-state index in [-0.39, 0.29) is 11.7 Å². The van der Waals surface area contributed by atoms with E-state index >= 15 is 0 Å². The second-order valence-corrected chi connectivity index (χ2v) is 4.76. The van der Waals surface area contributed by atoms with E-state index in [0.29, 0.717) is 18.8 Å². The first kappa shape index (κ1) is 16.2. The molecule has 3 N–H and O–H groups in total. The van der Waals surface area contributed by atoms with Crippen molar-refractivity contribution in [3.05, 3.63) is 23.2 Å². The minimum atomic E-state index is -0.466. The van der Waals surface area contributed by atoms with Crippen molar-refractivity contribution in [1.29, 1.82) is 0 Å². The molecule has 112 valence electrons. The number of carbonyl (C=O) groups excluding carboxylic acids is 2. The van der Waals surface area contributed by atoms with Crippen LogP contribution in [0.4, 0.5) is 0 Å². The molecule has 7 heteroatoms. The predicted molar refractivity (Wildman–Crippen MR) is 74.7 cm³/mol. The minimum Gasteiger partial charge on any atom is -0.456 e. The first-order chi connectivity index (χ1) is 9.38. The Bertz CT molecular complexity index is 482. The van der Waals surface area contributed by atoms with E-state index in [1.165, 1.54) is 0 Å². The number of hydrogen-bond donors (Lipinski definition) is 2. The van der Waals surface area contributed by atoms with Crippen LogP contribution in [-0.2, 0) is 11.3 Å². The molecule has 0 aliphatic carbocycles. The molecule has 0 saturated heterocycles. The number of rotatable bonds is 6. The molecular formula is C13H22N4O3. The van der Waals surface area contributed by atoms with Gasteiger partial charge in [0.25, 0.3) is 0 Å². The average molecular weight is 282 g/mol. The van der Waals surface area contributed by atoms with Crippen molar-refractivity contribution >= 4 is 11.8 Å². The summed E-state index contributed by atoms with van der Waals surface area (Å²) >= 11 is 0. The topological polar surface area (TPSA) is 91.8 Å². The molecule has 0 bridgehead atoms. The summed E-state index contributed by atoms with van der Waals surface area (Å²) in [7, 11) is 3.45. The predicted octanol–water partition coefficient (Wildman–Crippen LogP) is 0.102. The van der Waals surface area contributed by atoms with Crippen molar-refractivity contribution in [2.24, 2.45) is 5.84 Å². The SMILES string of the molecule is CCN(CC(=O)N(C)C)Cc1cc(C(=O)NN)oc1C. The first-order valence-corrected chi connectivity index (χ1v) is 6.41. The lowest BCUT2D eigenvalue weighted by Crippen LogP contribution is -2.36. The van der Waals surface area contributed by atoms with Crippen LogP contribution in [0.5, 0.6) is 0 Å². The number of carbonyl (C=O) groups is 2. The molecule has 0 aliphatic rings. The number of aryl methyl sites for hydroxylation is 1. The molecule has 7 nitrogen and oxygen atoms in total. The lowest BCUT2D eigenvalue weighted by atomic mass is 10.2. The van der Waals surface area contributed by atoms with Crippen molar-refractivity contribution in [3.8, 4) is 0 Å². The molecule has 0 radical (unpaired) electrons. The molecule has 0 unspecified atom stereocenters. The monoisotopic (exact) mass is 282 g/mol. The fourth-order valence-electron chi connectivity index (χ4n) is 1.71. The second-order valence-electron chi connectivity index (χ2n) is 4.76. The second kappa shape index (κ2) is 7.06. The molecule has 0 fully saturated rings. The largest absolute Gasteiger partial charge is 0.456 e. The lowest BCUT2D eigenvalue weighted by Gasteiger charge is -2.21. The summed E-state index contributed by atoms with van der Waals surface area (Å²) < 4.78 is 5.35. The quantitative estimate of drug-likeness (QED) is 0.439. The molecule has 1 aromatic rings. The molecule has 0 saturated carbocycles. The maximum atomic E-state index is 11.7. The zero-order valence-electron chi connectivity index (χ0n) is 12.4. The normalized spacial score (nSPS) is 10.7. The highest BCUT2D eigenvalue weighted by molar-refractivity contribution is 5.91. The summed E-state index contributed by atoms with van der Waals surface area (Å²) in [6.45, 7) is 5.36. The van der Waals surface area contributed by atoms with E-state index in [0.717, 1.165) is 12.1 Å². The number of hydrazine groups is 1. The number of nitrogens with zero attached hydrogens (tertiary/aromatic N) is 2. The van der Waals surface area contributed by atoms with Gasteiger partial charge in [0.2, 0.25) is 5.91 Å². The number of likely N-dealkylation sites (N-methyl/N-ethyl adjacent to an activating group) is 2. The van der Waals surface area contributed by atoms with Crippen LogP contribution >= 0.6 is 0 Å². The van der Waals surface area contributed by atoms with E-state index in [1.807, 2.05) is 17.2 Å². The summed E-state index contributed by atoms with van der Waals surface area (Å²) in [5, 5.41) is 0. The van der Waals surface area contributed by atoms with Gasteiger partial charge in [-0.3, -0.25) is 19.9 Å². The van der Waals surface area contributed by atoms with Gasteiger partial charge in [-0.05, 0) is 19.5 Å². The number of furan rings is 1. The van der Waals surface area contributed by atoms with Gasteiger partial charge in [-0.2, -0.15) is 0 Å². The molecule has 0 spiro atoms. The smallest absolute Gasteiger partial charge is 0.300 e. The van der Waals surface area contributed by atoms with E-state index < -0.39 is 5.91 Å². The van der Waals surface area contributed by atoms with Crippen LogP contribution in [0.15, 0.2) is 10.5 Å². The summed E-state index contributed by atoms with van der Waals surface area (Å²) in [5.41, 5.74) is 2.90. The Labute approximate surface area is 118 Å². The van der Waals surface area contributed by atoms with Gasteiger partial charge in [-0.25, -0.2) is 5.84 Å². The van der Waals surface area contributed by atoms with Crippen LogP contribution in [0.2, 0.25) is 0 Å². The Morgan fingerprint density at radius 3 is 2.55 bits per heavy atom. The molecule has 1 rings (SSSR count). The number of nitrogens with one attached hydrogen (secondary N) is 1. The molecule has 1 aromatic heterocycles. The third-order valence-electron chi connectivity index (χ3n) is 3.07. The minimum absolute atomic E-state index is 0.0351. The van der Waals surface area contributed by atoms with Gasteiger partial charge >= 0.3 is 5.91 Å². The van der Waals surface area contributed by atoms with Crippen LogP contribution in [0.3, 0.4) is 0 Å². The standard InChI is InChI=1S/C13H22N4O3/c1-5-17(8-12(18)16(3)4)7-10-6-11(13(19)15-14)20-9(10)2/h6H,5,7-8,14H2,1-4H3,(H,15,19). The van der Waals surface area contributed by atoms with Crippen LogP contribution in [-0.4, -0.2) is 48.8 Å². The van der Waals surface area contributed by atoms with Crippen LogP contribution in [0.1, 0.15) is 28.8 Å². The van der Waals surface area contributed by atoms with Crippen molar-refractivity contribution in [2.75, 3.05) is 27.2 Å². The Balaban J connectivity index is 2.77. The van der Waals surface area contributed by atoms with Crippen molar-refractivity contribution in [2.45, 2.75) is 20.4 Å². The average Bonchev–Trinajstić information content (AvgIpc) is 2.78. The van der Waals surface area contributed by atoms with E-state index in [4.69, 9.17) is 10.3 Å². The van der Waals surface area contributed by atoms with E-state index in [2.05, 4.69) is 0 Å². The maximum Gasteiger partial charge on any atom is 0.300 e. The molecule has 20 heavy (non-hydrogen) atoms. The number of amides is 2. The third-order valence-corrected chi connectivity index (χ3v) is 3.07. The summed E-state index contributed by atoms with van der Waals surface area (Å²) in [4.78, 5) is 26.7. The summed E-state index contributed by atoms with van der Waals surface area (Å²) in [5.74, 6) is 5.47. The number of nitrogens with two attached hydrogens (primary N) is 1. The Kier molecular flexibility index (Phi) is 5.72. The van der Waals surface area contributed by atoms with Crippen molar-refractivity contribution in [3.63, 3.8) is 0 Å². The third kappa shape index (κ3) is 4.07. The lowest BCUT2D eigenvalue weighted by molar-refractivity contribution is -0.130. The highest BCUT2D eigenvalue weighted by Crippen LogP contribution is 2.16. The van der Waals surface area contributed by atoms with Gasteiger partial charge in [0.1, 0.15) is 5.76 Å². The van der Waals surface area contributed by atoms with E-state index in [9.17, 15) is 9.59 Å². The van der Waals surface area contributed by atoms with Crippen molar-refractivity contribution in [1.82, 2.24) is 15.2 Å². The van der Waals surface area contributed by atoms with Gasteiger partial charge in [0, 0.05) is 26.2 Å². The summed E-state index contributed by atoms with van der Waals surface area (Å²) in [6, 6.07) is 1.65. The molecular weight excluding hydrogens is 260 g/mol. The van der Waals surface area contributed by atoms with Crippen LogP contribution < -0.4 is 11.3 Å². The number of nitrogen functional groups attached to an aromatic ring is 1. The molecule has 0 aliphatic heterocycles. The zero-order valence-corrected chi connectivity index (χ0v) is 12.4. The van der Waals surface area contributed by atoms with Crippen molar-refractivity contribution < 1.29 is 14.0 Å². The first-order valence-electron chi connectivity index (χ1n) is 6.41. The Morgan fingerprint density at radius 1 is 1.40 bits per heavy atom. The number of hydrogen-bond acceptors (Lipinski definition) is 5. The zero-order chi connectivity index (χ0) is 15.3. The van der Waals surface area contributed by atoms with E-state index in [1.54, 1.807) is 32.0 Å². The van der Waals surface area contributed by atoms with Gasteiger partial charge in [-0.1, -0.05) is 6.92 Å². The fourth-order valence-corrected chi connectivity index (χ4v) is 1.71. The highest BCUT2D eigenvalue weighted by atomic mass is 16.4. The Hall–Kier alpha value is -1.86. The molecule has 0 atom stereocenters. The molecule has 1 heterocycles.